The summed E-state index contributed by atoms with van der Waals surface area (Å²) in [5, 5.41) is -0.179. The normalized spacial score (nSPS) is 11.8. The van der Waals surface area contributed by atoms with Crippen LogP contribution in [0.5, 0.6) is 0 Å². The Hall–Kier alpha value is -3.63. The Kier molecular flexibility index (Phi) is 8.17. The zero-order valence-electron chi connectivity index (χ0n) is 21.7. The number of aromatic nitrogens is 2. The highest BCUT2D eigenvalue weighted by molar-refractivity contribution is 6.54. The SMILES string of the molecule is CCCC[SiH2]C(c1ccccc1)(c1ccccc1)n1ccnc1BC(c1ccccc1)c1ccccc1. The van der Waals surface area contributed by atoms with E-state index in [1.54, 1.807) is 0 Å². The summed E-state index contributed by atoms with van der Waals surface area (Å²) in [4.78, 5) is 5.04. The van der Waals surface area contributed by atoms with Crippen molar-refractivity contribution in [3.8, 4) is 0 Å². The molecule has 0 unspecified atom stereocenters. The molecule has 4 heteroatoms. The van der Waals surface area contributed by atoms with Gasteiger partial charge in [0.25, 0.3) is 0 Å². The number of imidazole rings is 1. The maximum absolute atomic E-state index is 5.04. The molecule has 0 spiro atoms. The van der Waals surface area contributed by atoms with Crippen molar-refractivity contribution in [1.82, 2.24) is 9.55 Å². The number of benzene rings is 4. The average Bonchev–Trinajstić information content (AvgIpc) is 3.45. The fourth-order valence-corrected chi connectivity index (χ4v) is 8.57. The molecule has 0 N–H and O–H groups in total. The summed E-state index contributed by atoms with van der Waals surface area (Å²) in [5.41, 5.74) is 6.56. The van der Waals surface area contributed by atoms with Crippen molar-refractivity contribution in [3.05, 3.63) is 156 Å². The van der Waals surface area contributed by atoms with Gasteiger partial charge in [-0.15, -0.1) is 0 Å². The summed E-state index contributed by atoms with van der Waals surface area (Å²) in [7, 11) is 0.236. The van der Waals surface area contributed by atoms with Crippen molar-refractivity contribution in [3.63, 3.8) is 0 Å². The number of hydrogen-bond donors (Lipinski definition) is 0. The van der Waals surface area contributed by atoms with Gasteiger partial charge in [0.2, 0.25) is 7.28 Å². The van der Waals surface area contributed by atoms with Crippen LogP contribution in [0.25, 0.3) is 0 Å². The molecule has 184 valence electrons. The summed E-state index contributed by atoms with van der Waals surface area (Å²) in [6.45, 7) is 2.30. The van der Waals surface area contributed by atoms with Crippen LogP contribution in [-0.2, 0) is 5.16 Å². The Balaban J connectivity index is 1.66. The second-order valence-electron chi connectivity index (χ2n) is 9.84. The van der Waals surface area contributed by atoms with Gasteiger partial charge in [0.05, 0.1) is 20.4 Å². The van der Waals surface area contributed by atoms with E-state index in [-0.39, 0.29) is 11.0 Å². The fourth-order valence-electron chi connectivity index (χ4n) is 5.73. The molecule has 0 fully saturated rings. The Morgan fingerprint density at radius 1 is 0.730 bits per heavy atom. The smallest absolute Gasteiger partial charge is 0.217 e. The number of unbranched alkanes of at least 4 members (excludes halogenated alkanes) is 1. The maximum Gasteiger partial charge on any atom is 0.217 e. The Morgan fingerprint density at radius 3 is 1.70 bits per heavy atom. The lowest BCUT2D eigenvalue weighted by Gasteiger charge is -2.38. The molecule has 2 nitrogen and oxygen atoms in total. The van der Waals surface area contributed by atoms with Crippen LogP contribution in [0.2, 0.25) is 6.04 Å². The second-order valence-corrected chi connectivity index (χ2v) is 12.1. The lowest BCUT2D eigenvalue weighted by atomic mass is 9.58. The topological polar surface area (TPSA) is 17.8 Å². The lowest BCUT2D eigenvalue weighted by Crippen LogP contribution is -2.49. The summed E-state index contributed by atoms with van der Waals surface area (Å²) in [6.07, 6.45) is 6.75. The number of rotatable bonds is 11. The van der Waals surface area contributed by atoms with Gasteiger partial charge in [0, 0.05) is 12.4 Å². The second kappa shape index (κ2) is 12.1. The minimum absolute atomic E-state index is 0.179. The van der Waals surface area contributed by atoms with E-state index in [1.165, 1.54) is 41.1 Å². The third-order valence-corrected chi connectivity index (χ3v) is 10.3. The standard InChI is InChI=1S/C33H35BN2Si/c1-2-3-26-37-33(29-20-12-6-13-21-29,30-22-14-7-15-23-30)36-25-24-35-32(36)34-31(27-16-8-4-9-17-27)28-18-10-5-11-19-28/h4-25,31,34H,2-3,26,37H2,1H3. The van der Waals surface area contributed by atoms with Gasteiger partial charge in [-0.3, -0.25) is 4.98 Å². The lowest BCUT2D eigenvalue weighted by molar-refractivity contribution is 0.602. The molecule has 5 rings (SSSR count). The van der Waals surface area contributed by atoms with Gasteiger partial charge in [-0.2, -0.15) is 0 Å². The molecule has 0 aliphatic heterocycles. The van der Waals surface area contributed by atoms with Crippen LogP contribution in [0.15, 0.2) is 134 Å². The maximum atomic E-state index is 5.04. The molecule has 0 saturated heterocycles. The van der Waals surface area contributed by atoms with E-state index in [1.807, 2.05) is 6.20 Å². The van der Waals surface area contributed by atoms with E-state index in [0.717, 1.165) is 13.0 Å². The summed E-state index contributed by atoms with van der Waals surface area (Å²) in [6, 6.07) is 45.4. The molecule has 1 aromatic heterocycles. The first-order valence-corrected chi connectivity index (χ1v) is 15.3. The number of hydrogen-bond acceptors (Lipinski definition) is 1. The molecule has 0 atom stereocenters. The van der Waals surface area contributed by atoms with Crippen molar-refractivity contribution in [2.45, 2.75) is 36.8 Å². The van der Waals surface area contributed by atoms with Gasteiger partial charge in [0.1, 0.15) is 0 Å². The molecule has 0 bridgehead atoms. The minimum atomic E-state index is -0.616. The molecule has 0 aliphatic carbocycles. The van der Waals surface area contributed by atoms with Crippen LogP contribution < -0.4 is 5.72 Å². The first-order valence-electron chi connectivity index (χ1n) is 13.6. The zero-order valence-corrected chi connectivity index (χ0v) is 23.1. The van der Waals surface area contributed by atoms with Gasteiger partial charge >= 0.3 is 0 Å². The molecule has 1 heterocycles. The predicted octanol–water partition coefficient (Wildman–Crippen LogP) is 5.87. The van der Waals surface area contributed by atoms with E-state index in [4.69, 9.17) is 4.98 Å². The Bertz CT molecular complexity index is 1280. The zero-order chi connectivity index (χ0) is 25.3. The van der Waals surface area contributed by atoms with Crippen LogP contribution in [0.3, 0.4) is 0 Å². The van der Waals surface area contributed by atoms with Crippen molar-refractivity contribution in [2.75, 3.05) is 0 Å². The van der Waals surface area contributed by atoms with Crippen molar-refractivity contribution < 1.29 is 0 Å². The van der Waals surface area contributed by atoms with Gasteiger partial charge in [-0.05, 0) is 28.1 Å². The Labute approximate surface area is 224 Å². The Morgan fingerprint density at radius 2 is 1.22 bits per heavy atom. The third-order valence-electron chi connectivity index (χ3n) is 7.56. The summed E-state index contributed by atoms with van der Waals surface area (Å²) >= 11 is 0. The average molecular weight is 499 g/mol. The highest BCUT2D eigenvalue weighted by Gasteiger charge is 2.37. The van der Waals surface area contributed by atoms with Crippen LogP contribution >= 0.6 is 0 Å². The quantitative estimate of drug-likeness (QED) is 0.165. The van der Waals surface area contributed by atoms with Gasteiger partial charge in [-0.25, -0.2) is 0 Å². The predicted molar refractivity (Wildman–Crippen MR) is 161 cm³/mol. The third kappa shape index (κ3) is 5.40. The van der Waals surface area contributed by atoms with Crippen molar-refractivity contribution in [2.24, 2.45) is 0 Å². The van der Waals surface area contributed by atoms with E-state index < -0.39 is 9.52 Å². The first kappa shape index (κ1) is 25.0. The van der Waals surface area contributed by atoms with E-state index in [9.17, 15) is 0 Å². The van der Waals surface area contributed by atoms with Gasteiger partial charge < -0.3 is 4.57 Å². The van der Waals surface area contributed by atoms with Gasteiger partial charge in [0.15, 0.2) is 0 Å². The number of nitrogens with zero attached hydrogens (tertiary/aromatic N) is 2. The molecule has 0 radical (unpaired) electrons. The van der Waals surface area contributed by atoms with Crippen LogP contribution in [0.1, 0.15) is 47.8 Å². The van der Waals surface area contributed by atoms with Crippen LogP contribution in [0, 0.1) is 0 Å². The molecular formula is C33H35BN2Si. The molecular weight excluding hydrogens is 463 g/mol. The van der Waals surface area contributed by atoms with E-state index in [2.05, 4.69) is 139 Å². The molecule has 5 aromatic rings. The minimum Gasteiger partial charge on any atom is -0.332 e. The molecule has 0 amide bonds. The summed E-state index contributed by atoms with van der Waals surface area (Å²) in [5.74, 6) is 0.241. The van der Waals surface area contributed by atoms with Crippen molar-refractivity contribution >= 4 is 22.5 Å². The molecule has 0 aliphatic rings. The van der Waals surface area contributed by atoms with Crippen LogP contribution in [0.4, 0.5) is 0 Å². The van der Waals surface area contributed by atoms with E-state index >= 15 is 0 Å². The van der Waals surface area contributed by atoms with E-state index in [0.29, 0.717) is 0 Å². The monoisotopic (exact) mass is 498 g/mol. The van der Waals surface area contributed by atoms with Crippen molar-refractivity contribution in [1.29, 1.82) is 0 Å². The molecule has 0 saturated carbocycles. The fraction of sp³-hybridized carbons (Fsp3) is 0.182. The highest BCUT2D eigenvalue weighted by Crippen LogP contribution is 2.34. The highest BCUT2D eigenvalue weighted by atomic mass is 28.2. The van der Waals surface area contributed by atoms with Gasteiger partial charge in [-0.1, -0.05) is 147 Å². The first-order chi connectivity index (χ1) is 18.3. The van der Waals surface area contributed by atoms with Crippen LogP contribution in [-0.4, -0.2) is 26.4 Å². The largest absolute Gasteiger partial charge is 0.332 e. The molecule has 4 aromatic carbocycles. The molecule has 37 heavy (non-hydrogen) atoms. The summed E-state index contributed by atoms with van der Waals surface area (Å²) < 4.78 is 2.54.